The minimum Gasteiger partial charge on any atom is -0.0777 e. The Morgan fingerprint density at radius 2 is 1.80 bits per heavy atom. The van der Waals surface area contributed by atoms with Crippen LogP contribution in [0.4, 0.5) is 0 Å². The average Bonchev–Trinajstić information content (AvgIpc) is 2.70. The van der Waals surface area contributed by atoms with Gasteiger partial charge in [-0.15, -0.1) is 0 Å². The normalized spacial score (nSPS) is 19.4. The van der Waals surface area contributed by atoms with Crippen LogP contribution in [0.1, 0.15) is 46.0 Å². The van der Waals surface area contributed by atoms with Crippen LogP contribution in [0.25, 0.3) is 0 Å². The standard InChI is InChI=1S/C10H18/c1-3-5-6-7-10(4-2)8-9-10/h8-9H,3-7H2,1-2H3. The second-order valence-electron chi connectivity index (χ2n) is 3.38. The lowest BCUT2D eigenvalue weighted by molar-refractivity contribution is 0.469. The van der Waals surface area contributed by atoms with Gasteiger partial charge < -0.3 is 0 Å². The van der Waals surface area contributed by atoms with E-state index in [1.54, 1.807) is 0 Å². The summed E-state index contributed by atoms with van der Waals surface area (Å²) in [5.41, 5.74) is 0.592. The molecule has 0 N–H and O–H groups in total. The van der Waals surface area contributed by atoms with Crippen molar-refractivity contribution >= 4 is 0 Å². The lowest BCUT2D eigenvalue weighted by Crippen LogP contribution is -1.99. The van der Waals surface area contributed by atoms with Crippen molar-refractivity contribution in [3.8, 4) is 0 Å². The van der Waals surface area contributed by atoms with Crippen LogP contribution < -0.4 is 0 Å². The first kappa shape index (κ1) is 7.84. The Kier molecular flexibility index (Phi) is 2.53. The molecule has 0 atom stereocenters. The minimum absolute atomic E-state index is 0.592. The zero-order valence-corrected chi connectivity index (χ0v) is 7.19. The molecule has 0 fully saturated rings. The van der Waals surface area contributed by atoms with Crippen molar-refractivity contribution in [2.45, 2.75) is 46.0 Å². The number of allylic oxidation sites excluding steroid dienone is 2. The summed E-state index contributed by atoms with van der Waals surface area (Å²) in [6.45, 7) is 4.55. The van der Waals surface area contributed by atoms with Gasteiger partial charge in [-0.3, -0.25) is 0 Å². The van der Waals surface area contributed by atoms with Gasteiger partial charge in [0.2, 0.25) is 0 Å². The van der Waals surface area contributed by atoms with Crippen LogP contribution in [0, 0.1) is 5.41 Å². The SMILES string of the molecule is CCCCCC1(CC)C=C1. The van der Waals surface area contributed by atoms with Gasteiger partial charge in [-0.25, -0.2) is 0 Å². The summed E-state index contributed by atoms with van der Waals surface area (Å²) in [6.07, 6.45) is 11.6. The number of rotatable bonds is 5. The molecule has 0 saturated carbocycles. The molecule has 0 amide bonds. The van der Waals surface area contributed by atoms with Gasteiger partial charge in [0.05, 0.1) is 0 Å². The van der Waals surface area contributed by atoms with E-state index in [-0.39, 0.29) is 0 Å². The maximum absolute atomic E-state index is 2.36. The van der Waals surface area contributed by atoms with E-state index in [0.29, 0.717) is 5.41 Å². The molecule has 0 bridgehead atoms. The van der Waals surface area contributed by atoms with Crippen LogP contribution in [-0.2, 0) is 0 Å². The van der Waals surface area contributed by atoms with Gasteiger partial charge in [-0.1, -0.05) is 45.3 Å². The van der Waals surface area contributed by atoms with E-state index in [9.17, 15) is 0 Å². The van der Waals surface area contributed by atoms with Crippen molar-refractivity contribution in [1.82, 2.24) is 0 Å². The molecule has 0 spiro atoms. The van der Waals surface area contributed by atoms with Crippen molar-refractivity contribution in [2.75, 3.05) is 0 Å². The van der Waals surface area contributed by atoms with Crippen LogP contribution >= 0.6 is 0 Å². The first-order valence-corrected chi connectivity index (χ1v) is 4.53. The highest BCUT2D eigenvalue weighted by Gasteiger charge is 2.30. The monoisotopic (exact) mass is 138 g/mol. The molecule has 0 saturated heterocycles. The maximum atomic E-state index is 2.36. The summed E-state index contributed by atoms with van der Waals surface area (Å²) in [7, 11) is 0. The van der Waals surface area contributed by atoms with Crippen molar-refractivity contribution in [3.05, 3.63) is 12.2 Å². The van der Waals surface area contributed by atoms with Crippen LogP contribution in [0.15, 0.2) is 12.2 Å². The zero-order chi connectivity index (χ0) is 7.45. The van der Waals surface area contributed by atoms with Crippen LogP contribution in [-0.4, -0.2) is 0 Å². The molecule has 0 nitrogen and oxygen atoms in total. The number of hydrogen-bond acceptors (Lipinski definition) is 0. The molecular formula is C10H18. The summed E-state index contributed by atoms with van der Waals surface area (Å²) in [5.74, 6) is 0. The van der Waals surface area contributed by atoms with E-state index in [0.717, 1.165) is 0 Å². The van der Waals surface area contributed by atoms with Crippen LogP contribution in [0.3, 0.4) is 0 Å². The largest absolute Gasteiger partial charge is 0.0777 e. The van der Waals surface area contributed by atoms with Crippen LogP contribution in [0.5, 0.6) is 0 Å². The number of unbranched alkanes of at least 4 members (excludes halogenated alkanes) is 2. The fourth-order valence-corrected chi connectivity index (χ4v) is 1.40. The van der Waals surface area contributed by atoms with E-state index in [4.69, 9.17) is 0 Å². The van der Waals surface area contributed by atoms with E-state index in [1.165, 1.54) is 32.1 Å². The predicted octanol–water partition coefficient (Wildman–Crippen LogP) is 3.53. The Morgan fingerprint density at radius 3 is 2.20 bits per heavy atom. The molecule has 0 unspecified atom stereocenters. The summed E-state index contributed by atoms with van der Waals surface area (Å²) in [5, 5.41) is 0. The predicted molar refractivity (Wildman–Crippen MR) is 46.0 cm³/mol. The Morgan fingerprint density at radius 1 is 1.10 bits per heavy atom. The summed E-state index contributed by atoms with van der Waals surface area (Å²) >= 11 is 0. The first-order chi connectivity index (χ1) is 4.83. The molecule has 0 aliphatic heterocycles. The van der Waals surface area contributed by atoms with Gasteiger partial charge in [0.25, 0.3) is 0 Å². The van der Waals surface area contributed by atoms with Gasteiger partial charge in [0.1, 0.15) is 0 Å². The third-order valence-electron chi connectivity index (χ3n) is 2.54. The molecule has 0 heteroatoms. The minimum atomic E-state index is 0.592. The van der Waals surface area contributed by atoms with Gasteiger partial charge in [-0.2, -0.15) is 0 Å². The Balaban J connectivity index is 2.02. The molecular weight excluding hydrogens is 120 g/mol. The molecule has 0 aromatic rings. The summed E-state index contributed by atoms with van der Waals surface area (Å²) < 4.78 is 0. The van der Waals surface area contributed by atoms with E-state index < -0.39 is 0 Å². The van der Waals surface area contributed by atoms with Gasteiger partial charge >= 0.3 is 0 Å². The molecule has 0 aromatic heterocycles. The molecule has 1 aliphatic carbocycles. The molecule has 0 aromatic carbocycles. The first-order valence-electron chi connectivity index (χ1n) is 4.53. The summed E-state index contributed by atoms with van der Waals surface area (Å²) in [6, 6.07) is 0. The maximum Gasteiger partial charge on any atom is 0.00589 e. The highest BCUT2D eigenvalue weighted by Crippen LogP contribution is 2.42. The van der Waals surface area contributed by atoms with Gasteiger partial charge in [0, 0.05) is 5.41 Å². The van der Waals surface area contributed by atoms with Crippen molar-refractivity contribution in [2.24, 2.45) is 5.41 Å². The quantitative estimate of drug-likeness (QED) is 0.402. The van der Waals surface area contributed by atoms with E-state index >= 15 is 0 Å². The molecule has 0 radical (unpaired) electrons. The van der Waals surface area contributed by atoms with Crippen molar-refractivity contribution in [1.29, 1.82) is 0 Å². The summed E-state index contributed by atoms with van der Waals surface area (Å²) in [4.78, 5) is 0. The lowest BCUT2D eigenvalue weighted by Gasteiger charge is -2.11. The fourth-order valence-electron chi connectivity index (χ4n) is 1.40. The van der Waals surface area contributed by atoms with Gasteiger partial charge in [0.15, 0.2) is 0 Å². The topological polar surface area (TPSA) is 0 Å². The van der Waals surface area contributed by atoms with Crippen molar-refractivity contribution in [3.63, 3.8) is 0 Å². The second kappa shape index (κ2) is 3.23. The number of hydrogen-bond donors (Lipinski definition) is 0. The Bertz CT molecular complexity index is 116. The Labute approximate surface area is 64.3 Å². The third kappa shape index (κ3) is 1.86. The van der Waals surface area contributed by atoms with E-state index in [2.05, 4.69) is 26.0 Å². The van der Waals surface area contributed by atoms with Crippen molar-refractivity contribution < 1.29 is 0 Å². The zero-order valence-electron chi connectivity index (χ0n) is 7.19. The highest BCUT2D eigenvalue weighted by molar-refractivity contribution is 5.25. The molecule has 1 rings (SSSR count). The molecule has 10 heavy (non-hydrogen) atoms. The molecule has 1 aliphatic rings. The highest BCUT2D eigenvalue weighted by atomic mass is 14.3. The van der Waals surface area contributed by atoms with E-state index in [1.807, 2.05) is 0 Å². The third-order valence-corrected chi connectivity index (χ3v) is 2.54. The molecule has 58 valence electrons. The smallest absolute Gasteiger partial charge is 0.00589 e. The fraction of sp³-hybridized carbons (Fsp3) is 0.800. The van der Waals surface area contributed by atoms with Crippen LogP contribution in [0.2, 0.25) is 0 Å². The molecule has 0 heterocycles. The lowest BCUT2D eigenvalue weighted by atomic mass is 9.93. The Hall–Kier alpha value is -0.260. The van der Waals surface area contributed by atoms with Gasteiger partial charge in [-0.05, 0) is 12.8 Å². The second-order valence-corrected chi connectivity index (χ2v) is 3.38. The average molecular weight is 138 g/mol.